The first-order valence-corrected chi connectivity index (χ1v) is 16.2. The molecule has 0 radical (unpaired) electrons. The highest BCUT2D eigenvalue weighted by atomic mass is 35.5. The first-order valence-electron chi connectivity index (χ1n) is 14.4. The van der Waals surface area contributed by atoms with E-state index in [1.165, 1.54) is 15.4 Å². The Morgan fingerprint density at radius 2 is 1.53 bits per heavy atom. The highest BCUT2D eigenvalue weighted by Crippen LogP contribution is 2.43. The second-order valence-electron chi connectivity index (χ2n) is 11.2. The number of benzene rings is 4. The second kappa shape index (κ2) is 12.1. The van der Waals surface area contributed by atoms with Gasteiger partial charge in [0.25, 0.3) is 0 Å². The summed E-state index contributed by atoms with van der Waals surface area (Å²) in [4.78, 5) is 0.205. The number of aryl methyl sites for hydroxylation is 1. The number of anilines is 1. The normalized spacial score (nSPS) is 17.8. The average Bonchev–Trinajstić information content (AvgIpc) is 3.21. The topological polar surface area (TPSA) is 77.1 Å². The third-order valence-electron chi connectivity index (χ3n) is 8.49. The molecule has 2 aliphatic rings. The predicted molar refractivity (Wildman–Crippen MR) is 169 cm³/mol. The standard InChI is InChI=1S/C34H35ClN2O5S/c1-40-28-10-5-24(6-11-28)20-37(21-25-7-12-29(41-2)13-8-25)43(38,39)30-14-16-33-32(19-30)36-22-34(23-42-33)17-3-4-26-18-27(35)9-15-31(26)34/h5-16,18-19,36H,3-4,17,20-23H2,1-2H3/t34-/m0/s1. The molecule has 0 bridgehead atoms. The van der Waals surface area contributed by atoms with Crippen LogP contribution in [-0.4, -0.2) is 40.1 Å². The Hall–Kier alpha value is -3.72. The number of halogens is 1. The van der Waals surface area contributed by atoms with Crippen molar-refractivity contribution in [2.24, 2.45) is 0 Å². The van der Waals surface area contributed by atoms with Gasteiger partial charge in [0.2, 0.25) is 10.0 Å². The van der Waals surface area contributed by atoms with E-state index in [4.69, 9.17) is 25.8 Å². The molecular formula is C34H35ClN2O5S. The van der Waals surface area contributed by atoms with Gasteiger partial charge in [-0.1, -0.05) is 41.9 Å². The Bertz CT molecular complexity index is 1660. The van der Waals surface area contributed by atoms with Gasteiger partial charge in [0.15, 0.2) is 0 Å². The van der Waals surface area contributed by atoms with E-state index in [9.17, 15) is 8.42 Å². The number of methoxy groups -OCH3 is 2. The van der Waals surface area contributed by atoms with Crippen molar-refractivity contribution in [3.8, 4) is 17.2 Å². The van der Waals surface area contributed by atoms with Crippen LogP contribution in [0.25, 0.3) is 0 Å². The molecule has 1 spiro atoms. The molecule has 1 heterocycles. The van der Waals surface area contributed by atoms with Crippen molar-refractivity contribution in [1.82, 2.24) is 4.31 Å². The third-order valence-corrected chi connectivity index (χ3v) is 10.5. The van der Waals surface area contributed by atoms with Gasteiger partial charge < -0.3 is 19.5 Å². The summed E-state index contributed by atoms with van der Waals surface area (Å²) in [6.07, 6.45) is 3.01. The predicted octanol–water partition coefficient (Wildman–Crippen LogP) is 6.83. The second-order valence-corrected chi connectivity index (χ2v) is 13.6. The minimum absolute atomic E-state index is 0.196. The van der Waals surface area contributed by atoms with Gasteiger partial charge >= 0.3 is 0 Å². The summed E-state index contributed by atoms with van der Waals surface area (Å²) in [7, 11) is -0.686. The molecule has 43 heavy (non-hydrogen) atoms. The van der Waals surface area contributed by atoms with E-state index < -0.39 is 10.0 Å². The zero-order valence-electron chi connectivity index (χ0n) is 24.3. The van der Waals surface area contributed by atoms with Crippen LogP contribution in [0.3, 0.4) is 0 Å². The number of hydrogen-bond acceptors (Lipinski definition) is 6. The molecule has 0 fully saturated rings. The fourth-order valence-electron chi connectivity index (χ4n) is 6.08. The maximum absolute atomic E-state index is 14.2. The number of ether oxygens (including phenoxy) is 3. The largest absolute Gasteiger partial charge is 0.497 e. The third kappa shape index (κ3) is 6.05. The molecule has 7 nitrogen and oxygen atoms in total. The minimum atomic E-state index is -3.90. The molecule has 0 saturated heterocycles. The van der Waals surface area contributed by atoms with E-state index in [0.29, 0.717) is 36.1 Å². The number of sulfonamides is 1. The Morgan fingerprint density at radius 1 is 0.884 bits per heavy atom. The minimum Gasteiger partial charge on any atom is -0.497 e. The lowest BCUT2D eigenvalue weighted by atomic mass is 9.70. The molecule has 0 unspecified atom stereocenters. The average molecular weight is 619 g/mol. The van der Waals surface area contributed by atoms with Gasteiger partial charge in [-0.25, -0.2) is 8.42 Å². The summed E-state index contributed by atoms with van der Waals surface area (Å²) in [6, 6.07) is 26.1. The summed E-state index contributed by atoms with van der Waals surface area (Å²) < 4.78 is 46.9. The van der Waals surface area contributed by atoms with Gasteiger partial charge in [-0.15, -0.1) is 0 Å². The fourth-order valence-corrected chi connectivity index (χ4v) is 7.72. The lowest BCUT2D eigenvalue weighted by Crippen LogP contribution is -2.41. The van der Waals surface area contributed by atoms with Crippen LogP contribution >= 0.6 is 11.6 Å². The number of rotatable bonds is 8. The molecule has 0 aromatic heterocycles. The Labute approximate surface area is 258 Å². The van der Waals surface area contributed by atoms with Crippen molar-refractivity contribution in [2.75, 3.05) is 32.7 Å². The molecule has 1 aliphatic carbocycles. The van der Waals surface area contributed by atoms with Crippen molar-refractivity contribution in [2.45, 2.75) is 42.7 Å². The molecule has 0 saturated carbocycles. The van der Waals surface area contributed by atoms with Crippen LogP contribution in [0.1, 0.15) is 35.1 Å². The molecule has 1 aliphatic heterocycles. The highest BCUT2D eigenvalue weighted by molar-refractivity contribution is 7.89. The Morgan fingerprint density at radius 3 is 2.16 bits per heavy atom. The van der Waals surface area contributed by atoms with E-state index in [0.717, 1.165) is 35.4 Å². The summed E-state index contributed by atoms with van der Waals surface area (Å²) in [5.41, 5.74) is 4.67. The van der Waals surface area contributed by atoms with Gasteiger partial charge in [0.1, 0.15) is 17.2 Å². The summed E-state index contributed by atoms with van der Waals surface area (Å²) in [5.74, 6) is 2.08. The lowest BCUT2D eigenvalue weighted by molar-refractivity contribution is 0.210. The smallest absolute Gasteiger partial charge is 0.243 e. The quantitative estimate of drug-likeness (QED) is 0.233. The van der Waals surface area contributed by atoms with Crippen LogP contribution in [0.15, 0.2) is 89.8 Å². The lowest BCUT2D eigenvalue weighted by Gasteiger charge is -2.37. The monoisotopic (exact) mass is 618 g/mol. The number of hydrogen-bond donors (Lipinski definition) is 1. The summed E-state index contributed by atoms with van der Waals surface area (Å²) in [5, 5.41) is 4.29. The molecule has 1 atom stereocenters. The molecule has 9 heteroatoms. The molecule has 0 amide bonds. The molecule has 6 rings (SSSR count). The van der Waals surface area contributed by atoms with Crippen molar-refractivity contribution in [1.29, 1.82) is 0 Å². The first kappa shape index (κ1) is 29.4. The number of nitrogens with zero attached hydrogens (tertiary/aromatic N) is 1. The van der Waals surface area contributed by atoms with Crippen LogP contribution in [-0.2, 0) is 34.9 Å². The van der Waals surface area contributed by atoms with Gasteiger partial charge in [0, 0.05) is 30.1 Å². The van der Waals surface area contributed by atoms with Gasteiger partial charge in [0.05, 0.1) is 31.4 Å². The SMILES string of the molecule is COc1ccc(CN(Cc2ccc(OC)cc2)S(=O)(=O)c2ccc3c(c2)NC[C@@]2(CCCc4cc(Cl)ccc42)CO3)cc1. The Kier molecular flexibility index (Phi) is 8.27. The fraction of sp³-hybridized carbons (Fsp3) is 0.294. The molecule has 224 valence electrons. The van der Waals surface area contributed by atoms with Gasteiger partial charge in [-0.05, 0) is 96.1 Å². The molecule has 4 aromatic rings. The Balaban J connectivity index is 1.30. The van der Waals surface area contributed by atoms with E-state index in [1.807, 2.05) is 54.6 Å². The van der Waals surface area contributed by atoms with Gasteiger partial charge in [-0.2, -0.15) is 4.31 Å². The molecule has 4 aromatic carbocycles. The van der Waals surface area contributed by atoms with E-state index in [-0.39, 0.29) is 23.4 Å². The maximum atomic E-state index is 14.2. The molecular weight excluding hydrogens is 584 g/mol. The first-order chi connectivity index (χ1) is 20.8. The zero-order valence-corrected chi connectivity index (χ0v) is 25.9. The number of nitrogens with one attached hydrogen (secondary N) is 1. The van der Waals surface area contributed by atoms with Crippen molar-refractivity contribution >= 4 is 27.3 Å². The number of fused-ring (bicyclic) bond motifs is 3. The van der Waals surface area contributed by atoms with Crippen molar-refractivity contribution in [3.63, 3.8) is 0 Å². The maximum Gasteiger partial charge on any atom is 0.243 e. The van der Waals surface area contributed by atoms with Crippen LogP contribution in [0, 0.1) is 0 Å². The van der Waals surface area contributed by atoms with Crippen molar-refractivity contribution < 1.29 is 22.6 Å². The van der Waals surface area contributed by atoms with Crippen LogP contribution in [0.5, 0.6) is 17.2 Å². The van der Waals surface area contributed by atoms with E-state index in [2.05, 4.69) is 17.4 Å². The highest BCUT2D eigenvalue weighted by Gasteiger charge is 2.39. The van der Waals surface area contributed by atoms with E-state index >= 15 is 0 Å². The van der Waals surface area contributed by atoms with Gasteiger partial charge in [-0.3, -0.25) is 0 Å². The van der Waals surface area contributed by atoms with Crippen LogP contribution in [0.4, 0.5) is 5.69 Å². The van der Waals surface area contributed by atoms with E-state index in [1.54, 1.807) is 32.4 Å². The molecule has 1 N–H and O–H groups in total. The van der Waals surface area contributed by atoms with Crippen molar-refractivity contribution in [3.05, 3.63) is 112 Å². The zero-order chi connectivity index (χ0) is 30.0. The summed E-state index contributed by atoms with van der Waals surface area (Å²) >= 11 is 6.31. The van der Waals surface area contributed by atoms with Crippen LogP contribution < -0.4 is 19.5 Å². The van der Waals surface area contributed by atoms with Crippen LogP contribution in [0.2, 0.25) is 5.02 Å². The summed E-state index contributed by atoms with van der Waals surface area (Å²) in [6.45, 7) is 1.54.